The fraction of sp³-hybridized carbons (Fsp3) is 0.600. The van der Waals surface area contributed by atoms with E-state index in [1.165, 1.54) is 0 Å². The first kappa shape index (κ1) is 11.7. The van der Waals surface area contributed by atoms with E-state index in [9.17, 15) is 0 Å². The first-order chi connectivity index (χ1) is 6.93. The molecule has 0 saturated heterocycles. The van der Waals surface area contributed by atoms with Crippen LogP contribution in [-0.4, -0.2) is 16.0 Å². The Morgan fingerprint density at radius 3 is 2.40 bits per heavy atom. The van der Waals surface area contributed by atoms with Crippen LogP contribution in [0.5, 0.6) is 0 Å². The van der Waals surface area contributed by atoms with E-state index in [0.29, 0.717) is 11.9 Å². The van der Waals surface area contributed by atoms with Crippen LogP contribution in [0.1, 0.15) is 27.7 Å². The van der Waals surface area contributed by atoms with Crippen molar-refractivity contribution in [3.63, 3.8) is 0 Å². The summed E-state index contributed by atoms with van der Waals surface area (Å²) in [4.78, 5) is 8.26. The van der Waals surface area contributed by atoms with Gasteiger partial charge in [0.05, 0.1) is 12.4 Å². The second-order valence-electron chi connectivity index (χ2n) is 4.67. The molecule has 4 N–H and O–H groups in total. The van der Waals surface area contributed by atoms with E-state index in [4.69, 9.17) is 5.84 Å². The van der Waals surface area contributed by atoms with Crippen LogP contribution in [0.3, 0.4) is 0 Å². The van der Waals surface area contributed by atoms with Crippen molar-refractivity contribution in [3.05, 3.63) is 12.4 Å². The summed E-state index contributed by atoms with van der Waals surface area (Å²) in [5.74, 6) is 6.54. The number of nitrogens with zero attached hydrogens (tertiary/aromatic N) is 2. The van der Waals surface area contributed by atoms with E-state index in [0.717, 1.165) is 5.82 Å². The van der Waals surface area contributed by atoms with Crippen LogP contribution in [0.2, 0.25) is 0 Å². The molecule has 0 aliphatic carbocycles. The van der Waals surface area contributed by atoms with Crippen molar-refractivity contribution in [1.82, 2.24) is 9.97 Å². The molecule has 1 heterocycles. The van der Waals surface area contributed by atoms with Gasteiger partial charge in [-0.05, 0) is 12.3 Å². The molecule has 0 saturated carbocycles. The van der Waals surface area contributed by atoms with Gasteiger partial charge >= 0.3 is 0 Å². The topological polar surface area (TPSA) is 75.9 Å². The number of hydrogen-bond acceptors (Lipinski definition) is 5. The highest BCUT2D eigenvalue weighted by molar-refractivity contribution is 5.41. The van der Waals surface area contributed by atoms with Crippen LogP contribution < -0.4 is 16.6 Å². The molecular formula is C10H19N5. The molecule has 15 heavy (non-hydrogen) atoms. The van der Waals surface area contributed by atoms with Gasteiger partial charge in [-0.15, -0.1) is 0 Å². The van der Waals surface area contributed by atoms with Crippen molar-refractivity contribution in [1.29, 1.82) is 0 Å². The minimum Gasteiger partial charge on any atom is -0.366 e. The number of rotatable bonds is 3. The standard InChI is InChI=1S/C10H19N5/c1-7(10(2,3)4)13-8-5-12-6-9(14-8)15-11/h5-7H,11H2,1-4H3,(H2,13,14,15). The van der Waals surface area contributed by atoms with Gasteiger partial charge in [0, 0.05) is 6.04 Å². The number of hydrogen-bond donors (Lipinski definition) is 3. The molecule has 1 unspecified atom stereocenters. The highest BCUT2D eigenvalue weighted by Gasteiger charge is 2.20. The van der Waals surface area contributed by atoms with Crippen molar-refractivity contribution >= 4 is 11.6 Å². The Kier molecular flexibility index (Phi) is 3.47. The molecular weight excluding hydrogens is 190 g/mol. The zero-order valence-corrected chi connectivity index (χ0v) is 9.70. The van der Waals surface area contributed by atoms with E-state index in [-0.39, 0.29) is 5.41 Å². The third-order valence-corrected chi connectivity index (χ3v) is 2.45. The molecule has 5 heteroatoms. The lowest BCUT2D eigenvalue weighted by Gasteiger charge is -2.28. The highest BCUT2D eigenvalue weighted by Crippen LogP contribution is 2.21. The first-order valence-corrected chi connectivity index (χ1v) is 4.98. The molecule has 1 rings (SSSR count). The van der Waals surface area contributed by atoms with Crippen LogP contribution >= 0.6 is 0 Å². The van der Waals surface area contributed by atoms with Gasteiger partial charge in [-0.3, -0.25) is 4.98 Å². The summed E-state index contributed by atoms with van der Waals surface area (Å²) >= 11 is 0. The van der Waals surface area contributed by atoms with Crippen LogP contribution in [0.15, 0.2) is 12.4 Å². The molecule has 5 nitrogen and oxygen atoms in total. The van der Waals surface area contributed by atoms with Gasteiger partial charge in [0.2, 0.25) is 0 Å². The summed E-state index contributed by atoms with van der Waals surface area (Å²) in [6, 6.07) is 0.305. The van der Waals surface area contributed by atoms with Crippen molar-refractivity contribution < 1.29 is 0 Å². The number of nitrogens with one attached hydrogen (secondary N) is 2. The Labute approximate surface area is 90.5 Å². The molecule has 84 valence electrons. The lowest BCUT2D eigenvalue weighted by Crippen LogP contribution is -2.31. The van der Waals surface area contributed by atoms with E-state index in [1.54, 1.807) is 12.4 Å². The van der Waals surface area contributed by atoms with E-state index < -0.39 is 0 Å². The smallest absolute Gasteiger partial charge is 0.160 e. The maximum atomic E-state index is 5.26. The van der Waals surface area contributed by atoms with Crippen LogP contribution in [0.4, 0.5) is 11.6 Å². The number of anilines is 2. The molecule has 0 fully saturated rings. The third-order valence-electron chi connectivity index (χ3n) is 2.45. The number of aromatic nitrogens is 2. The number of hydrazine groups is 1. The summed E-state index contributed by atoms with van der Waals surface area (Å²) in [6.07, 6.45) is 3.26. The van der Waals surface area contributed by atoms with E-state index >= 15 is 0 Å². The molecule has 1 aromatic heterocycles. The minimum atomic E-state index is 0.174. The summed E-state index contributed by atoms with van der Waals surface area (Å²) < 4.78 is 0. The summed E-state index contributed by atoms with van der Waals surface area (Å²) in [7, 11) is 0. The van der Waals surface area contributed by atoms with Gasteiger partial charge in [-0.25, -0.2) is 10.8 Å². The lowest BCUT2D eigenvalue weighted by molar-refractivity contribution is 0.358. The Bertz CT molecular complexity index is 318. The predicted molar refractivity (Wildman–Crippen MR) is 62.4 cm³/mol. The average Bonchev–Trinajstić information content (AvgIpc) is 2.16. The molecule has 0 aromatic carbocycles. The molecule has 0 spiro atoms. The molecule has 0 bridgehead atoms. The molecule has 0 amide bonds. The third kappa shape index (κ3) is 3.36. The maximum absolute atomic E-state index is 5.26. The second kappa shape index (κ2) is 4.44. The maximum Gasteiger partial charge on any atom is 0.160 e. The molecule has 0 radical (unpaired) electrons. The van der Waals surface area contributed by atoms with Crippen molar-refractivity contribution in [3.8, 4) is 0 Å². The number of nitrogen functional groups attached to an aromatic ring is 1. The number of nitrogens with two attached hydrogens (primary N) is 1. The van der Waals surface area contributed by atoms with Gasteiger partial charge in [-0.1, -0.05) is 20.8 Å². The van der Waals surface area contributed by atoms with Gasteiger partial charge < -0.3 is 10.7 Å². The van der Waals surface area contributed by atoms with Gasteiger partial charge in [0.15, 0.2) is 5.82 Å². The van der Waals surface area contributed by atoms with Crippen LogP contribution in [0.25, 0.3) is 0 Å². The van der Waals surface area contributed by atoms with Crippen molar-refractivity contribution in [2.75, 3.05) is 10.7 Å². The Hall–Kier alpha value is -1.36. The molecule has 1 aromatic rings. The van der Waals surface area contributed by atoms with Gasteiger partial charge in [-0.2, -0.15) is 0 Å². The van der Waals surface area contributed by atoms with E-state index in [1.807, 2.05) is 0 Å². The fourth-order valence-corrected chi connectivity index (χ4v) is 0.943. The largest absolute Gasteiger partial charge is 0.366 e. The molecule has 1 atom stereocenters. The van der Waals surface area contributed by atoms with Crippen LogP contribution in [0, 0.1) is 5.41 Å². The normalized spacial score (nSPS) is 13.4. The van der Waals surface area contributed by atoms with Crippen molar-refractivity contribution in [2.24, 2.45) is 11.3 Å². The van der Waals surface area contributed by atoms with Gasteiger partial charge in [0.25, 0.3) is 0 Å². The highest BCUT2D eigenvalue weighted by atomic mass is 15.3. The molecule has 0 aliphatic heterocycles. The lowest BCUT2D eigenvalue weighted by atomic mass is 9.88. The Balaban J connectivity index is 2.72. The van der Waals surface area contributed by atoms with Gasteiger partial charge in [0.1, 0.15) is 5.82 Å². The first-order valence-electron chi connectivity index (χ1n) is 4.98. The minimum absolute atomic E-state index is 0.174. The average molecular weight is 209 g/mol. The monoisotopic (exact) mass is 209 g/mol. The predicted octanol–water partition coefficient (Wildman–Crippen LogP) is 1.61. The quantitative estimate of drug-likeness (QED) is 0.521. The van der Waals surface area contributed by atoms with E-state index in [2.05, 4.69) is 48.4 Å². The second-order valence-corrected chi connectivity index (χ2v) is 4.67. The Morgan fingerprint density at radius 2 is 1.87 bits per heavy atom. The Morgan fingerprint density at radius 1 is 1.27 bits per heavy atom. The zero-order valence-electron chi connectivity index (χ0n) is 9.70. The fourth-order valence-electron chi connectivity index (χ4n) is 0.943. The molecule has 0 aliphatic rings. The van der Waals surface area contributed by atoms with Crippen LogP contribution in [-0.2, 0) is 0 Å². The zero-order chi connectivity index (χ0) is 11.5. The summed E-state index contributed by atoms with van der Waals surface area (Å²) in [6.45, 7) is 8.62. The summed E-state index contributed by atoms with van der Waals surface area (Å²) in [5.41, 5.74) is 2.64. The summed E-state index contributed by atoms with van der Waals surface area (Å²) in [5, 5.41) is 3.29. The SMILES string of the molecule is CC(Nc1cncc(NN)n1)C(C)(C)C. The van der Waals surface area contributed by atoms with Crippen molar-refractivity contribution in [2.45, 2.75) is 33.7 Å².